The topological polar surface area (TPSA) is 66.5 Å². The van der Waals surface area contributed by atoms with E-state index >= 15 is 0 Å². The number of carbonyl (C=O) groups excluding carboxylic acids is 3. The van der Waals surface area contributed by atoms with Gasteiger partial charge in [-0.25, -0.2) is 0 Å². The first kappa shape index (κ1) is 16.8. The fourth-order valence-corrected chi connectivity index (χ4v) is 7.08. The molecule has 0 aromatic heterocycles. The van der Waals surface area contributed by atoms with Gasteiger partial charge < -0.3 is 5.32 Å². The fourth-order valence-electron chi connectivity index (χ4n) is 7.08. The third kappa shape index (κ3) is 2.69. The molecule has 0 unspecified atom stereocenters. The summed E-state index contributed by atoms with van der Waals surface area (Å²) in [5, 5.41) is 3.29. The summed E-state index contributed by atoms with van der Waals surface area (Å²) in [5.41, 5.74) is 0. The van der Waals surface area contributed by atoms with Gasteiger partial charge in [0.2, 0.25) is 17.7 Å². The van der Waals surface area contributed by atoms with Gasteiger partial charge in [-0.2, -0.15) is 0 Å². The number of rotatable bonds is 4. The van der Waals surface area contributed by atoms with Crippen LogP contribution in [0.5, 0.6) is 0 Å². The summed E-state index contributed by atoms with van der Waals surface area (Å²) in [7, 11) is 0. The van der Waals surface area contributed by atoms with Crippen molar-refractivity contribution in [3.63, 3.8) is 0 Å². The summed E-state index contributed by atoms with van der Waals surface area (Å²) in [4.78, 5) is 39.0. The number of imide groups is 1. The Morgan fingerprint density at radius 1 is 0.885 bits per heavy atom. The lowest BCUT2D eigenvalue weighted by atomic mass is 9.54. The van der Waals surface area contributed by atoms with E-state index in [0.29, 0.717) is 17.9 Å². The summed E-state index contributed by atoms with van der Waals surface area (Å²) in [6.07, 6.45) is 10.6. The van der Waals surface area contributed by atoms with E-state index < -0.39 is 0 Å². The van der Waals surface area contributed by atoms with Crippen LogP contribution in [-0.2, 0) is 14.4 Å². The van der Waals surface area contributed by atoms with Gasteiger partial charge in [0.1, 0.15) is 0 Å². The first-order valence-electron chi connectivity index (χ1n) is 10.7. The quantitative estimate of drug-likeness (QED) is 0.785. The molecule has 6 fully saturated rings. The largest absolute Gasteiger partial charge is 0.353 e. The SMILES string of the molecule is O=C(CCN1C(=O)[C@@H]2CCCC[C@H]2C1=O)NC1C2CC3CC(C2)CC1C3. The molecule has 0 spiro atoms. The summed E-state index contributed by atoms with van der Waals surface area (Å²) < 4.78 is 0. The van der Waals surface area contributed by atoms with Crippen molar-refractivity contribution in [2.45, 2.75) is 70.3 Å². The highest BCUT2D eigenvalue weighted by Crippen LogP contribution is 2.53. The molecule has 1 heterocycles. The van der Waals surface area contributed by atoms with E-state index in [1.165, 1.54) is 37.0 Å². The molecule has 5 saturated carbocycles. The highest BCUT2D eigenvalue weighted by Gasteiger charge is 2.49. The van der Waals surface area contributed by atoms with Gasteiger partial charge in [0, 0.05) is 19.0 Å². The van der Waals surface area contributed by atoms with Crippen LogP contribution < -0.4 is 5.32 Å². The van der Waals surface area contributed by atoms with Crippen LogP contribution in [0.25, 0.3) is 0 Å². The van der Waals surface area contributed by atoms with Crippen molar-refractivity contribution in [2.24, 2.45) is 35.5 Å². The number of nitrogens with zero attached hydrogens (tertiary/aromatic N) is 1. The third-order valence-electron chi connectivity index (χ3n) is 8.05. The highest BCUT2D eigenvalue weighted by molar-refractivity contribution is 6.05. The Hall–Kier alpha value is -1.39. The van der Waals surface area contributed by atoms with E-state index in [2.05, 4.69) is 5.32 Å². The molecule has 2 atom stereocenters. The Kier molecular flexibility index (Phi) is 4.09. The lowest BCUT2D eigenvalue weighted by molar-refractivity contribution is -0.140. The lowest BCUT2D eigenvalue weighted by Gasteiger charge is -2.54. The van der Waals surface area contributed by atoms with Crippen molar-refractivity contribution in [2.75, 3.05) is 6.54 Å². The zero-order chi connectivity index (χ0) is 17.8. The van der Waals surface area contributed by atoms with Crippen LogP contribution in [0.15, 0.2) is 0 Å². The van der Waals surface area contributed by atoms with Gasteiger partial charge in [0.05, 0.1) is 11.8 Å². The average molecular weight is 358 g/mol. The Morgan fingerprint density at radius 3 is 1.96 bits per heavy atom. The predicted molar refractivity (Wildman–Crippen MR) is 95.8 cm³/mol. The van der Waals surface area contributed by atoms with Crippen molar-refractivity contribution >= 4 is 17.7 Å². The number of likely N-dealkylation sites (tertiary alicyclic amines) is 1. The minimum absolute atomic E-state index is 0.0258. The van der Waals surface area contributed by atoms with E-state index in [-0.39, 0.29) is 42.5 Å². The molecular weight excluding hydrogens is 328 g/mol. The van der Waals surface area contributed by atoms with Gasteiger partial charge in [-0.1, -0.05) is 12.8 Å². The Morgan fingerprint density at radius 2 is 1.42 bits per heavy atom. The maximum absolute atomic E-state index is 12.6. The van der Waals surface area contributed by atoms with E-state index in [4.69, 9.17) is 0 Å². The molecule has 142 valence electrons. The van der Waals surface area contributed by atoms with Crippen molar-refractivity contribution in [3.8, 4) is 0 Å². The monoisotopic (exact) mass is 358 g/mol. The highest BCUT2D eigenvalue weighted by atomic mass is 16.2. The van der Waals surface area contributed by atoms with Crippen LogP contribution in [0, 0.1) is 35.5 Å². The standard InChI is InChI=1S/C21H30N2O3/c24-18(22-19-14-8-12-7-13(10-14)11-15(19)9-12)5-6-23-20(25)16-3-1-2-4-17(16)21(23)26/h12-17,19H,1-11H2,(H,22,24)/t12?,13?,14?,15?,16-,17-,19?/m1/s1. The Bertz CT molecular complexity index is 579. The number of carbonyl (C=O) groups is 3. The average Bonchev–Trinajstić information content (AvgIpc) is 2.87. The molecule has 1 saturated heterocycles. The van der Waals surface area contributed by atoms with E-state index in [1.807, 2.05) is 0 Å². The Balaban J connectivity index is 1.17. The van der Waals surface area contributed by atoms with Crippen LogP contribution in [0.3, 0.4) is 0 Å². The number of nitrogens with one attached hydrogen (secondary N) is 1. The molecule has 0 aromatic rings. The van der Waals surface area contributed by atoms with Crippen LogP contribution in [0.1, 0.15) is 64.2 Å². The van der Waals surface area contributed by atoms with E-state index in [1.54, 1.807) is 0 Å². The van der Waals surface area contributed by atoms with Crippen LogP contribution in [-0.4, -0.2) is 35.2 Å². The smallest absolute Gasteiger partial charge is 0.233 e. The zero-order valence-corrected chi connectivity index (χ0v) is 15.5. The van der Waals surface area contributed by atoms with Gasteiger partial charge in [0.15, 0.2) is 0 Å². The molecule has 5 nitrogen and oxygen atoms in total. The van der Waals surface area contributed by atoms with Gasteiger partial charge in [0.25, 0.3) is 0 Å². The molecule has 6 aliphatic rings. The first-order valence-corrected chi connectivity index (χ1v) is 10.7. The minimum Gasteiger partial charge on any atom is -0.353 e. The summed E-state index contributed by atoms with van der Waals surface area (Å²) in [6.45, 7) is 0.268. The number of amides is 3. The number of hydrogen-bond acceptors (Lipinski definition) is 3. The summed E-state index contributed by atoms with van der Waals surface area (Å²) in [5.74, 6) is 2.87. The van der Waals surface area contributed by atoms with Crippen LogP contribution in [0.4, 0.5) is 0 Å². The van der Waals surface area contributed by atoms with Crippen LogP contribution in [0.2, 0.25) is 0 Å². The van der Waals surface area contributed by atoms with Gasteiger partial charge in [-0.15, -0.1) is 0 Å². The molecule has 4 bridgehead atoms. The molecule has 26 heavy (non-hydrogen) atoms. The number of fused-ring (bicyclic) bond motifs is 1. The second kappa shape index (κ2) is 6.35. The summed E-state index contributed by atoms with van der Waals surface area (Å²) in [6, 6.07) is 0.336. The fraction of sp³-hybridized carbons (Fsp3) is 0.857. The van der Waals surface area contributed by atoms with Gasteiger partial charge >= 0.3 is 0 Å². The maximum atomic E-state index is 12.6. The third-order valence-corrected chi connectivity index (χ3v) is 8.05. The molecule has 5 aliphatic carbocycles. The van der Waals surface area contributed by atoms with Crippen molar-refractivity contribution < 1.29 is 14.4 Å². The molecule has 3 amide bonds. The van der Waals surface area contributed by atoms with Crippen molar-refractivity contribution in [1.29, 1.82) is 0 Å². The second-order valence-corrected chi connectivity index (χ2v) is 9.60. The molecule has 5 heteroatoms. The zero-order valence-electron chi connectivity index (χ0n) is 15.5. The molecule has 6 rings (SSSR count). The van der Waals surface area contributed by atoms with Crippen molar-refractivity contribution in [3.05, 3.63) is 0 Å². The van der Waals surface area contributed by atoms with E-state index in [0.717, 1.165) is 37.5 Å². The normalized spacial score (nSPS) is 43.7. The number of hydrogen-bond donors (Lipinski definition) is 1. The lowest BCUT2D eigenvalue weighted by Crippen LogP contribution is -2.56. The van der Waals surface area contributed by atoms with Gasteiger partial charge in [-0.05, 0) is 68.6 Å². The maximum Gasteiger partial charge on any atom is 0.233 e. The van der Waals surface area contributed by atoms with Gasteiger partial charge in [-0.3, -0.25) is 19.3 Å². The second-order valence-electron chi connectivity index (χ2n) is 9.60. The van der Waals surface area contributed by atoms with Crippen LogP contribution >= 0.6 is 0 Å². The summed E-state index contributed by atoms with van der Waals surface area (Å²) >= 11 is 0. The predicted octanol–water partition coefficient (Wildman–Crippen LogP) is 2.49. The molecule has 0 aromatic carbocycles. The molecule has 1 N–H and O–H groups in total. The molecule has 1 aliphatic heterocycles. The first-order chi connectivity index (χ1) is 12.6. The van der Waals surface area contributed by atoms with Crippen molar-refractivity contribution in [1.82, 2.24) is 10.2 Å². The molecule has 0 radical (unpaired) electrons. The molecular formula is C21H30N2O3. The minimum atomic E-state index is -0.108. The Labute approximate surface area is 155 Å². The van der Waals surface area contributed by atoms with E-state index in [9.17, 15) is 14.4 Å².